The second-order valence-electron chi connectivity index (χ2n) is 6.47. The van der Waals surface area contributed by atoms with Gasteiger partial charge in [-0.25, -0.2) is 0 Å². The highest BCUT2D eigenvalue weighted by Crippen LogP contribution is 2.40. The summed E-state index contributed by atoms with van der Waals surface area (Å²) < 4.78 is 16.5. The molecule has 1 amide bonds. The summed E-state index contributed by atoms with van der Waals surface area (Å²) in [5.41, 5.74) is 1.64. The van der Waals surface area contributed by atoms with Crippen molar-refractivity contribution in [3.05, 3.63) is 58.6 Å². The lowest BCUT2D eigenvalue weighted by atomic mass is 9.94. The minimum atomic E-state index is -0.640. The number of nitrogens with one attached hydrogen (secondary N) is 1. The molecular formula is C20H18ClNO5. The number of benzene rings is 2. The molecule has 0 aromatic heterocycles. The largest absolute Gasteiger partial charge is 0.486 e. The first kappa shape index (κ1) is 17.7. The van der Waals surface area contributed by atoms with Gasteiger partial charge in [0.2, 0.25) is 5.91 Å². The summed E-state index contributed by atoms with van der Waals surface area (Å²) in [4.78, 5) is 24.5. The number of cyclic esters (lactones) is 1. The molecule has 27 heavy (non-hydrogen) atoms. The Bertz CT molecular complexity index is 867. The highest BCUT2D eigenvalue weighted by molar-refractivity contribution is 6.30. The molecular weight excluding hydrogens is 370 g/mol. The summed E-state index contributed by atoms with van der Waals surface area (Å²) in [5.74, 6) is 0.0460. The van der Waals surface area contributed by atoms with E-state index in [2.05, 4.69) is 5.32 Å². The fraction of sp³-hybridized carbons (Fsp3) is 0.300. The molecule has 6 nitrogen and oxygen atoms in total. The maximum absolute atomic E-state index is 12.7. The van der Waals surface area contributed by atoms with Crippen LogP contribution >= 0.6 is 11.6 Å². The molecule has 0 saturated carbocycles. The fourth-order valence-electron chi connectivity index (χ4n) is 3.25. The van der Waals surface area contributed by atoms with Crippen LogP contribution in [0.1, 0.15) is 23.7 Å². The van der Waals surface area contributed by atoms with Crippen molar-refractivity contribution < 1.29 is 23.8 Å². The number of carbonyl (C=O) groups is 2. The SMILES string of the molecule is O=C1CC(C(=O)NCc2ccc(Cl)cc2)C(c2ccc3c(c2)OCCO3)O1. The standard InChI is InChI=1S/C20H18ClNO5/c21-14-4-1-12(2-5-14)11-22-20(24)15-10-18(23)27-19(15)13-3-6-16-17(9-13)26-8-7-25-16/h1-6,9,15,19H,7-8,10-11H2,(H,22,24). The van der Waals surface area contributed by atoms with Gasteiger partial charge in [-0.2, -0.15) is 0 Å². The van der Waals surface area contributed by atoms with Gasteiger partial charge in [-0.1, -0.05) is 29.8 Å². The molecule has 1 fully saturated rings. The molecule has 2 aliphatic rings. The van der Waals surface area contributed by atoms with E-state index in [1.54, 1.807) is 30.3 Å². The van der Waals surface area contributed by atoms with Gasteiger partial charge in [-0.3, -0.25) is 9.59 Å². The van der Waals surface area contributed by atoms with Crippen molar-refractivity contribution in [3.8, 4) is 11.5 Å². The zero-order valence-corrected chi connectivity index (χ0v) is 15.2. The lowest BCUT2D eigenvalue weighted by Crippen LogP contribution is -2.32. The highest BCUT2D eigenvalue weighted by atomic mass is 35.5. The number of halogens is 1. The molecule has 2 heterocycles. The van der Waals surface area contributed by atoms with Crippen LogP contribution in [0.3, 0.4) is 0 Å². The van der Waals surface area contributed by atoms with Crippen LogP contribution in [0.15, 0.2) is 42.5 Å². The van der Waals surface area contributed by atoms with E-state index in [9.17, 15) is 9.59 Å². The molecule has 0 spiro atoms. The normalized spacial score (nSPS) is 20.9. The van der Waals surface area contributed by atoms with E-state index in [-0.39, 0.29) is 18.3 Å². The number of fused-ring (bicyclic) bond motifs is 1. The second kappa shape index (κ2) is 7.48. The number of carbonyl (C=O) groups excluding carboxylic acids is 2. The third-order valence-corrected chi connectivity index (χ3v) is 4.87. The van der Waals surface area contributed by atoms with Gasteiger partial charge in [-0.05, 0) is 35.4 Å². The maximum Gasteiger partial charge on any atom is 0.307 e. The Morgan fingerprint density at radius 2 is 1.81 bits per heavy atom. The summed E-state index contributed by atoms with van der Waals surface area (Å²) >= 11 is 5.87. The summed E-state index contributed by atoms with van der Waals surface area (Å²) in [7, 11) is 0. The van der Waals surface area contributed by atoms with Crippen LogP contribution in [0.25, 0.3) is 0 Å². The number of amides is 1. The van der Waals surface area contributed by atoms with Gasteiger partial charge in [0.05, 0.1) is 12.3 Å². The molecule has 1 saturated heterocycles. The Labute approximate surface area is 161 Å². The van der Waals surface area contributed by atoms with E-state index < -0.39 is 12.0 Å². The zero-order valence-electron chi connectivity index (χ0n) is 14.4. The third-order valence-electron chi connectivity index (χ3n) is 4.62. The van der Waals surface area contributed by atoms with Crippen LogP contribution in [0, 0.1) is 5.92 Å². The number of hydrogen-bond acceptors (Lipinski definition) is 5. The van der Waals surface area contributed by atoms with Gasteiger partial charge < -0.3 is 19.5 Å². The number of hydrogen-bond donors (Lipinski definition) is 1. The third kappa shape index (κ3) is 3.85. The van der Waals surface area contributed by atoms with Gasteiger partial charge in [0.25, 0.3) is 0 Å². The predicted octanol–water partition coefficient (Wildman–Crippen LogP) is 3.03. The van der Waals surface area contributed by atoms with Crippen LogP contribution in [0.5, 0.6) is 11.5 Å². The average molecular weight is 388 g/mol. The van der Waals surface area contributed by atoms with Crippen molar-refractivity contribution in [2.45, 2.75) is 19.1 Å². The zero-order chi connectivity index (χ0) is 18.8. The molecule has 1 N–H and O–H groups in total. The van der Waals surface area contributed by atoms with Crippen molar-refractivity contribution in [1.29, 1.82) is 0 Å². The first-order chi connectivity index (χ1) is 13.1. The Morgan fingerprint density at radius 1 is 1.07 bits per heavy atom. The maximum atomic E-state index is 12.7. The Morgan fingerprint density at radius 3 is 2.59 bits per heavy atom. The fourth-order valence-corrected chi connectivity index (χ4v) is 3.37. The summed E-state index contributed by atoms with van der Waals surface area (Å²) in [6.45, 7) is 1.32. The first-order valence-electron chi connectivity index (χ1n) is 8.71. The molecule has 2 unspecified atom stereocenters. The van der Waals surface area contributed by atoms with Crippen LogP contribution in [-0.2, 0) is 20.9 Å². The Hall–Kier alpha value is -2.73. The van der Waals surface area contributed by atoms with Crippen LogP contribution < -0.4 is 14.8 Å². The van der Waals surface area contributed by atoms with Crippen molar-refractivity contribution in [2.75, 3.05) is 13.2 Å². The summed E-state index contributed by atoms with van der Waals surface area (Å²) in [5, 5.41) is 3.51. The highest BCUT2D eigenvalue weighted by Gasteiger charge is 2.41. The minimum absolute atomic E-state index is 0.0472. The van der Waals surface area contributed by atoms with Crippen LogP contribution in [-0.4, -0.2) is 25.1 Å². The van der Waals surface area contributed by atoms with Crippen LogP contribution in [0.4, 0.5) is 0 Å². The van der Waals surface area contributed by atoms with Gasteiger partial charge in [-0.15, -0.1) is 0 Å². The topological polar surface area (TPSA) is 73.9 Å². The second-order valence-corrected chi connectivity index (χ2v) is 6.90. The van der Waals surface area contributed by atoms with Gasteiger partial charge >= 0.3 is 5.97 Å². The molecule has 2 aromatic rings. The number of rotatable bonds is 4. The van der Waals surface area contributed by atoms with Crippen molar-refractivity contribution in [1.82, 2.24) is 5.32 Å². The monoisotopic (exact) mass is 387 g/mol. The molecule has 2 atom stereocenters. The van der Waals surface area contributed by atoms with E-state index in [0.717, 1.165) is 11.1 Å². The van der Waals surface area contributed by atoms with Crippen molar-refractivity contribution >= 4 is 23.5 Å². The van der Waals surface area contributed by atoms with Crippen LogP contribution in [0.2, 0.25) is 5.02 Å². The molecule has 0 radical (unpaired) electrons. The lowest BCUT2D eigenvalue weighted by molar-refractivity contribution is -0.141. The lowest BCUT2D eigenvalue weighted by Gasteiger charge is -2.22. The van der Waals surface area contributed by atoms with E-state index in [1.165, 1.54) is 0 Å². The molecule has 0 bridgehead atoms. The average Bonchev–Trinajstić information content (AvgIpc) is 3.09. The van der Waals surface area contributed by atoms with Gasteiger partial charge in [0.15, 0.2) is 11.5 Å². The molecule has 4 rings (SSSR count). The molecule has 2 aromatic carbocycles. The summed E-state index contributed by atoms with van der Waals surface area (Å²) in [6, 6.07) is 12.6. The van der Waals surface area contributed by atoms with E-state index in [4.69, 9.17) is 25.8 Å². The van der Waals surface area contributed by atoms with E-state index in [1.807, 2.05) is 12.1 Å². The van der Waals surface area contributed by atoms with Gasteiger partial charge in [0, 0.05) is 11.6 Å². The van der Waals surface area contributed by atoms with E-state index in [0.29, 0.717) is 36.3 Å². The Kier molecular flexibility index (Phi) is 4.90. The Balaban J connectivity index is 1.48. The molecule has 0 aliphatic carbocycles. The smallest absolute Gasteiger partial charge is 0.307 e. The van der Waals surface area contributed by atoms with Crippen molar-refractivity contribution in [3.63, 3.8) is 0 Å². The first-order valence-corrected chi connectivity index (χ1v) is 9.09. The number of esters is 1. The number of ether oxygens (including phenoxy) is 3. The quantitative estimate of drug-likeness (QED) is 0.816. The predicted molar refractivity (Wildman–Crippen MR) is 97.7 cm³/mol. The van der Waals surface area contributed by atoms with E-state index >= 15 is 0 Å². The molecule has 7 heteroatoms. The molecule has 140 valence electrons. The summed E-state index contributed by atoms with van der Waals surface area (Å²) in [6.07, 6.45) is -0.593. The minimum Gasteiger partial charge on any atom is -0.486 e. The van der Waals surface area contributed by atoms with Gasteiger partial charge in [0.1, 0.15) is 19.3 Å². The van der Waals surface area contributed by atoms with Crippen molar-refractivity contribution in [2.24, 2.45) is 5.92 Å². The molecule has 2 aliphatic heterocycles.